The van der Waals surface area contributed by atoms with Crippen LogP contribution in [0.2, 0.25) is 0 Å². The lowest BCUT2D eigenvalue weighted by Crippen LogP contribution is -2.62. The highest BCUT2D eigenvalue weighted by atomic mass is 16.7. The molecule has 0 spiro atoms. The summed E-state index contributed by atoms with van der Waals surface area (Å²) in [6.07, 6.45) is -2.63. The van der Waals surface area contributed by atoms with Gasteiger partial charge in [0.2, 0.25) is 0 Å². The Morgan fingerprint density at radius 3 is 1.50 bits per heavy atom. The number of benzene rings is 3. The van der Waals surface area contributed by atoms with Crippen molar-refractivity contribution in [2.45, 2.75) is 57.5 Å². The molecule has 3 aromatic rings. The molecule has 4 rings (SSSR count). The molecule has 1 aliphatic heterocycles. The van der Waals surface area contributed by atoms with Gasteiger partial charge in [-0.1, -0.05) is 97.9 Å². The third kappa shape index (κ3) is 7.01. The summed E-state index contributed by atoms with van der Waals surface area (Å²) in [7, 11) is 1.60. The van der Waals surface area contributed by atoms with Gasteiger partial charge < -0.3 is 28.8 Å². The Morgan fingerprint density at radius 1 is 0.667 bits per heavy atom. The van der Waals surface area contributed by atoms with Crippen molar-refractivity contribution < 1.29 is 28.8 Å². The topological polar surface area (TPSA) is 66.4 Å². The van der Waals surface area contributed by atoms with Gasteiger partial charge in [0.25, 0.3) is 0 Å². The van der Waals surface area contributed by atoms with E-state index in [0.29, 0.717) is 19.8 Å². The first-order valence-electron chi connectivity index (χ1n) is 12.4. The van der Waals surface area contributed by atoms with Crippen molar-refractivity contribution in [2.75, 3.05) is 13.7 Å². The summed E-state index contributed by atoms with van der Waals surface area (Å²) in [5.74, 6) is -0.193. The standard InChI is InChI=1S/C30H36O6/c1-22(18-31)26-27(33-19-23-12-6-3-7-13-23)28(34-20-24-14-8-4-9-15-24)29(30(32-2)36-26)35-21-25-16-10-5-11-17-25/h3-17,22,26-31H,18-21H2,1-2H3. The zero-order chi connectivity index (χ0) is 25.2. The van der Waals surface area contributed by atoms with Gasteiger partial charge in [-0.2, -0.15) is 0 Å². The molecule has 1 fully saturated rings. The molecule has 6 heteroatoms. The van der Waals surface area contributed by atoms with Crippen LogP contribution in [-0.4, -0.2) is 49.5 Å². The molecule has 0 saturated carbocycles. The molecular weight excluding hydrogens is 456 g/mol. The van der Waals surface area contributed by atoms with Crippen molar-refractivity contribution in [3.05, 3.63) is 108 Å². The summed E-state index contributed by atoms with van der Waals surface area (Å²) in [5, 5.41) is 10.0. The fourth-order valence-electron chi connectivity index (χ4n) is 4.44. The molecular formula is C30H36O6. The van der Waals surface area contributed by atoms with E-state index < -0.39 is 30.7 Å². The Bertz CT molecular complexity index is 1000. The SMILES string of the molecule is COC1OC(C(C)CO)C(OCc2ccccc2)C(OCc2ccccc2)C1OCc1ccccc1. The zero-order valence-corrected chi connectivity index (χ0v) is 20.9. The zero-order valence-electron chi connectivity index (χ0n) is 20.9. The van der Waals surface area contributed by atoms with Crippen LogP contribution in [0.1, 0.15) is 23.6 Å². The Morgan fingerprint density at radius 2 is 1.08 bits per heavy atom. The predicted octanol–water partition coefficient (Wildman–Crippen LogP) is 4.74. The van der Waals surface area contributed by atoms with Crippen LogP contribution in [0, 0.1) is 5.92 Å². The number of methoxy groups -OCH3 is 1. The molecule has 0 amide bonds. The second-order valence-corrected chi connectivity index (χ2v) is 9.15. The van der Waals surface area contributed by atoms with Crippen molar-refractivity contribution in [2.24, 2.45) is 5.92 Å². The summed E-state index contributed by atoms with van der Waals surface area (Å²) in [6.45, 7) is 3.05. The van der Waals surface area contributed by atoms with E-state index in [-0.39, 0.29) is 12.5 Å². The first kappa shape index (κ1) is 26.5. The van der Waals surface area contributed by atoms with Gasteiger partial charge >= 0.3 is 0 Å². The van der Waals surface area contributed by atoms with Crippen LogP contribution in [0.5, 0.6) is 0 Å². The fraction of sp³-hybridized carbons (Fsp3) is 0.400. The molecule has 0 radical (unpaired) electrons. The monoisotopic (exact) mass is 492 g/mol. The molecule has 6 nitrogen and oxygen atoms in total. The first-order chi connectivity index (χ1) is 17.7. The maximum atomic E-state index is 10.0. The van der Waals surface area contributed by atoms with Gasteiger partial charge in [0.05, 0.1) is 25.9 Å². The number of hydrogen-bond donors (Lipinski definition) is 1. The quantitative estimate of drug-likeness (QED) is 0.394. The van der Waals surface area contributed by atoms with Crippen LogP contribution in [0.15, 0.2) is 91.0 Å². The minimum atomic E-state index is -0.676. The smallest absolute Gasteiger partial charge is 0.186 e. The number of hydrogen-bond acceptors (Lipinski definition) is 6. The van der Waals surface area contributed by atoms with E-state index in [4.69, 9.17) is 23.7 Å². The average Bonchev–Trinajstić information content (AvgIpc) is 2.94. The molecule has 1 N–H and O–H groups in total. The Balaban J connectivity index is 1.61. The summed E-state index contributed by atoms with van der Waals surface area (Å²) in [5.41, 5.74) is 3.14. The van der Waals surface area contributed by atoms with E-state index in [1.54, 1.807) is 7.11 Å². The van der Waals surface area contributed by atoms with Crippen LogP contribution in [-0.2, 0) is 43.5 Å². The number of ether oxygens (including phenoxy) is 5. The number of aliphatic hydroxyl groups is 1. The lowest BCUT2D eigenvalue weighted by atomic mass is 9.90. The minimum Gasteiger partial charge on any atom is -0.396 e. The second kappa shape index (κ2) is 13.7. The van der Waals surface area contributed by atoms with E-state index in [9.17, 15) is 5.11 Å². The lowest BCUT2D eigenvalue weighted by molar-refractivity contribution is -0.325. The van der Waals surface area contributed by atoms with Crippen molar-refractivity contribution in [3.8, 4) is 0 Å². The highest BCUT2D eigenvalue weighted by molar-refractivity contribution is 5.15. The maximum Gasteiger partial charge on any atom is 0.186 e. The van der Waals surface area contributed by atoms with Crippen LogP contribution in [0.4, 0.5) is 0 Å². The molecule has 1 saturated heterocycles. The number of rotatable bonds is 12. The Hall–Kier alpha value is -2.58. The van der Waals surface area contributed by atoms with Gasteiger partial charge in [-0.3, -0.25) is 0 Å². The molecule has 0 aliphatic carbocycles. The summed E-state index contributed by atoms with van der Waals surface area (Å²) >= 11 is 0. The Labute approximate surface area is 213 Å². The van der Waals surface area contributed by atoms with E-state index in [2.05, 4.69) is 0 Å². The van der Waals surface area contributed by atoms with Crippen molar-refractivity contribution in [1.29, 1.82) is 0 Å². The van der Waals surface area contributed by atoms with E-state index in [1.807, 2.05) is 97.9 Å². The highest BCUT2D eigenvalue weighted by Gasteiger charge is 2.50. The van der Waals surface area contributed by atoms with Gasteiger partial charge in [-0.15, -0.1) is 0 Å². The van der Waals surface area contributed by atoms with Crippen molar-refractivity contribution in [3.63, 3.8) is 0 Å². The van der Waals surface area contributed by atoms with E-state index in [1.165, 1.54) is 0 Å². The molecule has 0 aromatic heterocycles. The molecule has 36 heavy (non-hydrogen) atoms. The summed E-state index contributed by atoms with van der Waals surface area (Å²) in [6, 6.07) is 30.0. The molecule has 6 unspecified atom stereocenters. The van der Waals surface area contributed by atoms with Gasteiger partial charge in [0.1, 0.15) is 18.3 Å². The molecule has 0 bridgehead atoms. The Kier molecular flexibility index (Phi) is 10.0. The second-order valence-electron chi connectivity index (χ2n) is 9.15. The van der Waals surface area contributed by atoms with Crippen molar-refractivity contribution >= 4 is 0 Å². The third-order valence-electron chi connectivity index (χ3n) is 6.47. The summed E-state index contributed by atoms with van der Waals surface area (Å²) in [4.78, 5) is 0. The molecule has 1 heterocycles. The van der Waals surface area contributed by atoms with Crippen LogP contribution in [0.25, 0.3) is 0 Å². The third-order valence-corrected chi connectivity index (χ3v) is 6.47. The molecule has 1 aliphatic rings. The van der Waals surface area contributed by atoms with Crippen LogP contribution < -0.4 is 0 Å². The molecule has 3 aromatic carbocycles. The first-order valence-corrected chi connectivity index (χ1v) is 12.4. The number of aliphatic hydroxyl groups excluding tert-OH is 1. The minimum absolute atomic E-state index is 0.0484. The van der Waals surface area contributed by atoms with Gasteiger partial charge in [-0.25, -0.2) is 0 Å². The van der Waals surface area contributed by atoms with Crippen molar-refractivity contribution in [1.82, 2.24) is 0 Å². The van der Waals surface area contributed by atoms with Gasteiger partial charge in [0.15, 0.2) is 6.29 Å². The largest absolute Gasteiger partial charge is 0.396 e. The molecule has 6 atom stereocenters. The van der Waals surface area contributed by atoms with E-state index in [0.717, 1.165) is 16.7 Å². The van der Waals surface area contributed by atoms with Gasteiger partial charge in [-0.05, 0) is 16.7 Å². The van der Waals surface area contributed by atoms with Crippen LogP contribution >= 0.6 is 0 Å². The normalized spacial score (nSPS) is 24.9. The van der Waals surface area contributed by atoms with Gasteiger partial charge in [0, 0.05) is 19.6 Å². The average molecular weight is 493 g/mol. The maximum absolute atomic E-state index is 10.0. The van der Waals surface area contributed by atoms with E-state index >= 15 is 0 Å². The fourth-order valence-corrected chi connectivity index (χ4v) is 4.44. The summed E-state index contributed by atoms with van der Waals surface area (Å²) < 4.78 is 31.5. The predicted molar refractivity (Wildman–Crippen MR) is 137 cm³/mol. The lowest BCUT2D eigenvalue weighted by Gasteiger charge is -2.47. The highest BCUT2D eigenvalue weighted by Crippen LogP contribution is 2.33. The van der Waals surface area contributed by atoms with Crippen LogP contribution in [0.3, 0.4) is 0 Å². The molecule has 192 valence electrons.